The number of benzene rings is 1. The fraction of sp³-hybridized carbons (Fsp3) is 0. The van der Waals surface area contributed by atoms with Crippen molar-refractivity contribution >= 4 is 34.6 Å². The largest absolute Gasteiger partial charge is 0.383 e. The minimum Gasteiger partial charge on any atom is -0.383 e. The average Bonchev–Trinajstić information content (AvgIpc) is 2.33. The Hall–Kier alpha value is -2.41. The van der Waals surface area contributed by atoms with E-state index in [0.29, 0.717) is 0 Å². The Kier molecular flexibility index (Phi) is 3.48. The van der Waals surface area contributed by atoms with E-state index in [2.05, 4.69) is 10.3 Å². The second-order valence-corrected chi connectivity index (χ2v) is 4.02. The zero-order valence-electron chi connectivity index (χ0n) is 9.43. The summed E-state index contributed by atoms with van der Waals surface area (Å²) in [5.74, 6) is -0.609. The molecule has 1 aromatic heterocycles. The van der Waals surface area contributed by atoms with E-state index in [1.165, 1.54) is 18.2 Å². The van der Waals surface area contributed by atoms with E-state index < -0.39 is 10.7 Å². The highest BCUT2D eigenvalue weighted by Crippen LogP contribution is 2.29. The lowest BCUT2D eigenvalue weighted by Crippen LogP contribution is -2.01. The van der Waals surface area contributed by atoms with Crippen LogP contribution in [0.2, 0.25) is 5.02 Å². The molecule has 19 heavy (non-hydrogen) atoms. The SMILES string of the molecule is Nc1cc([N+](=O)[O-])cc(Nc2c(F)cccc2Cl)n1. The van der Waals surface area contributed by atoms with Crippen LogP contribution in [0, 0.1) is 15.9 Å². The number of nitro groups is 1. The highest BCUT2D eigenvalue weighted by atomic mass is 35.5. The molecule has 98 valence electrons. The van der Waals surface area contributed by atoms with Crippen molar-refractivity contribution in [2.75, 3.05) is 11.1 Å². The van der Waals surface area contributed by atoms with Gasteiger partial charge in [0.1, 0.15) is 17.5 Å². The van der Waals surface area contributed by atoms with E-state index in [9.17, 15) is 14.5 Å². The number of nitrogens with one attached hydrogen (secondary N) is 1. The lowest BCUT2D eigenvalue weighted by molar-refractivity contribution is -0.384. The summed E-state index contributed by atoms with van der Waals surface area (Å²) in [7, 11) is 0. The van der Waals surface area contributed by atoms with Crippen LogP contribution in [-0.4, -0.2) is 9.91 Å². The molecule has 2 rings (SSSR count). The smallest absolute Gasteiger partial charge is 0.276 e. The van der Waals surface area contributed by atoms with Crippen LogP contribution in [0.4, 0.5) is 27.4 Å². The van der Waals surface area contributed by atoms with Gasteiger partial charge in [-0.15, -0.1) is 0 Å². The van der Waals surface area contributed by atoms with E-state index in [-0.39, 0.29) is 28.0 Å². The Morgan fingerprint density at radius 2 is 2.16 bits per heavy atom. The van der Waals surface area contributed by atoms with Crippen LogP contribution >= 0.6 is 11.6 Å². The van der Waals surface area contributed by atoms with Crippen LogP contribution in [0.25, 0.3) is 0 Å². The molecule has 8 heteroatoms. The lowest BCUT2D eigenvalue weighted by atomic mass is 10.3. The summed E-state index contributed by atoms with van der Waals surface area (Å²) < 4.78 is 13.6. The van der Waals surface area contributed by atoms with Gasteiger partial charge >= 0.3 is 0 Å². The molecule has 0 saturated carbocycles. The van der Waals surface area contributed by atoms with Gasteiger partial charge in [-0.25, -0.2) is 9.37 Å². The monoisotopic (exact) mass is 282 g/mol. The van der Waals surface area contributed by atoms with Gasteiger partial charge in [0.2, 0.25) is 0 Å². The number of nitrogens with zero attached hydrogens (tertiary/aromatic N) is 2. The molecule has 2 aromatic rings. The number of nitrogen functional groups attached to an aromatic ring is 1. The summed E-state index contributed by atoms with van der Waals surface area (Å²) in [4.78, 5) is 13.9. The third-order valence-electron chi connectivity index (χ3n) is 2.26. The number of aromatic nitrogens is 1. The minimum atomic E-state index is -0.619. The molecule has 3 N–H and O–H groups in total. The number of anilines is 3. The van der Waals surface area contributed by atoms with Gasteiger partial charge in [-0.1, -0.05) is 17.7 Å². The second-order valence-electron chi connectivity index (χ2n) is 3.61. The van der Waals surface area contributed by atoms with Crippen molar-refractivity contribution in [1.29, 1.82) is 0 Å². The number of para-hydroxylation sites is 1. The number of halogens is 2. The average molecular weight is 283 g/mol. The zero-order chi connectivity index (χ0) is 14.0. The van der Waals surface area contributed by atoms with Crippen molar-refractivity contribution in [3.63, 3.8) is 0 Å². The predicted octanol–water partition coefficient (Wildman–Crippen LogP) is 3.11. The molecule has 0 spiro atoms. The van der Waals surface area contributed by atoms with Crippen molar-refractivity contribution < 1.29 is 9.31 Å². The molecule has 0 fully saturated rings. The fourth-order valence-corrected chi connectivity index (χ4v) is 1.66. The van der Waals surface area contributed by atoms with Gasteiger partial charge in [0.15, 0.2) is 0 Å². The first-order valence-electron chi connectivity index (χ1n) is 5.10. The first-order valence-corrected chi connectivity index (χ1v) is 5.48. The van der Waals surface area contributed by atoms with Crippen molar-refractivity contribution in [1.82, 2.24) is 4.98 Å². The van der Waals surface area contributed by atoms with Gasteiger partial charge in [0.25, 0.3) is 5.69 Å². The van der Waals surface area contributed by atoms with Crippen molar-refractivity contribution in [2.24, 2.45) is 0 Å². The zero-order valence-corrected chi connectivity index (χ0v) is 10.2. The van der Waals surface area contributed by atoms with E-state index in [1.54, 1.807) is 0 Å². The van der Waals surface area contributed by atoms with E-state index in [1.807, 2.05) is 0 Å². The topological polar surface area (TPSA) is 94.1 Å². The first-order chi connectivity index (χ1) is 8.97. The number of hydrogen-bond donors (Lipinski definition) is 2. The molecule has 0 unspecified atom stereocenters. The molecule has 0 atom stereocenters. The summed E-state index contributed by atoms with van der Waals surface area (Å²) in [6.07, 6.45) is 0. The van der Waals surface area contributed by atoms with Gasteiger partial charge in [-0.05, 0) is 12.1 Å². The summed E-state index contributed by atoms with van der Waals surface area (Å²) in [6.45, 7) is 0. The van der Waals surface area contributed by atoms with Gasteiger partial charge in [0, 0.05) is 0 Å². The molecule has 0 aliphatic carbocycles. The Bertz CT molecular complexity index is 630. The lowest BCUT2D eigenvalue weighted by Gasteiger charge is -2.09. The number of pyridine rings is 1. The standard InChI is InChI=1S/C11H8ClFN4O2/c12-7-2-1-3-8(13)11(7)16-10-5-6(17(18)19)4-9(14)15-10/h1-5H,(H3,14,15,16). The first kappa shape index (κ1) is 13.0. The van der Waals surface area contributed by atoms with Crippen LogP contribution in [0.3, 0.4) is 0 Å². The summed E-state index contributed by atoms with van der Waals surface area (Å²) in [6, 6.07) is 6.37. The summed E-state index contributed by atoms with van der Waals surface area (Å²) in [5, 5.41) is 13.4. The van der Waals surface area contributed by atoms with Crippen LogP contribution in [0.15, 0.2) is 30.3 Å². The fourth-order valence-electron chi connectivity index (χ4n) is 1.45. The maximum Gasteiger partial charge on any atom is 0.276 e. The molecular weight excluding hydrogens is 275 g/mol. The van der Waals surface area contributed by atoms with Gasteiger partial charge in [-0.2, -0.15) is 0 Å². The number of nitrogens with two attached hydrogens (primary N) is 1. The summed E-state index contributed by atoms with van der Waals surface area (Å²) in [5.41, 5.74) is 5.18. The predicted molar refractivity (Wildman–Crippen MR) is 70.0 cm³/mol. The highest BCUT2D eigenvalue weighted by Gasteiger charge is 2.12. The Labute approximate surface area is 112 Å². The third kappa shape index (κ3) is 2.89. The summed E-state index contributed by atoms with van der Waals surface area (Å²) >= 11 is 5.83. The van der Waals surface area contributed by atoms with Gasteiger partial charge in [0.05, 0.1) is 27.8 Å². The molecule has 6 nitrogen and oxygen atoms in total. The molecule has 1 aromatic carbocycles. The van der Waals surface area contributed by atoms with Crippen LogP contribution in [0.5, 0.6) is 0 Å². The molecule has 0 bridgehead atoms. The van der Waals surface area contributed by atoms with E-state index >= 15 is 0 Å². The quantitative estimate of drug-likeness (QED) is 0.666. The van der Waals surface area contributed by atoms with E-state index in [0.717, 1.165) is 12.1 Å². The Balaban J connectivity index is 2.41. The maximum atomic E-state index is 13.6. The molecular formula is C11H8ClFN4O2. The van der Waals surface area contributed by atoms with Crippen molar-refractivity contribution in [3.05, 3.63) is 51.3 Å². The maximum absolute atomic E-state index is 13.6. The molecule has 0 amide bonds. The Morgan fingerprint density at radius 1 is 1.42 bits per heavy atom. The number of rotatable bonds is 3. The molecule has 0 radical (unpaired) electrons. The van der Waals surface area contributed by atoms with Crippen LogP contribution in [0.1, 0.15) is 0 Å². The second kappa shape index (κ2) is 5.07. The Morgan fingerprint density at radius 3 is 2.79 bits per heavy atom. The minimum absolute atomic E-state index is 0.0171. The van der Waals surface area contributed by atoms with E-state index in [4.69, 9.17) is 17.3 Å². The molecule has 0 aliphatic heterocycles. The van der Waals surface area contributed by atoms with Crippen LogP contribution < -0.4 is 11.1 Å². The highest BCUT2D eigenvalue weighted by molar-refractivity contribution is 6.33. The number of hydrogen-bond acceptors (Lipinski definition) is 5. The molecule has 1 heterocycles. The van der Waals surface area contributed by atoms with Gasteiger partial charge < -0.3 is 11.1 Å². The van der Waals surface area contributed by atoms with Crippen molar-refractivity contribution in [3.8, 4) is 0 Å². The van der Waals surface area contributed by atoms with Crippen molar-refractivity contribution in [2.45, 2.75) is 0 Å². The van der Waals surface area contributed by atoms with Gasteiger partial charge in [-0.3, -0.25) is 10.1 Å². The normalized spacial score (nSPS) is 10.2. The molecule has 0 saturated heterocycles. The third-order valence-corrected chi connectivity index (χ3v) is 2.57. The molecule has 0 aliphatic rings. The van der Waals surface area contributed by atoms with Crippen LogP contribution in [-0.2, 0) is 0 Å².